The molecular formula is C34H33Cl2NO5. The molecule has 1 aliphatic rings. The van der Waals surface area contributed by atoms with Gasteiger partial charge in [0.15, 0.2) is 17.6 Å². The number of nitrogens with one attached hydrogen (secondary N) is 1. The fourth-order valence-electron chi connectivity index (χ4n) is 4.95. The molecule has 0 aromatic heterocycles. The van der Waals surface area contributed by atoms with Crippen LogP contribution in [-0.4, -0.2) is 25.7 Å². The first-order chi connectivity index (χ1) is 20.4. The Morgan fingerprint density at radius 1 is 0.929 bits per heavy atom. The molecule has 1 heterocycles. The van der Waals surface area contributed by atoms with Gasteiger partial charge in [-0.3, -0.25) is 10.1 Å². The van der Waals surface area contributed by atoms with Crippen LogP contribution in [0.2, 0.25) is 10.0 Å². The molecule has 0 spiro atoms. The number of methoxy groups -OCH3 is 1. The molecule has 0 radical (unpaired) electrons. The summed E-state index contributed by atoms with van der Waals surface area (Å²) < 4.78 is 23.4. The third kappa shape index (κ3) is 7.37. The molecule has 42 heavy (non-hydrogen) atoms. The fraction of sp³-hybridized carbons (Fsp3) is 0.265. The first-order valence-corrected chi connectivity index (χ1v) is 14.7. The van der Waals surface area contributed by atoms with Gasteiger partial charge in [-0.1, -0.05) is 84.7 Å². The summed E-state index contributed by atoms with van der Waals surface area (Å²) in [5.41, 5.74) is 4.00. The molecule has 1 unspecified atom stereocenters. The monoisotopic (exact) mass is 605 g/mol. The lowest BCUT2D eigenvalue weighted by Crippen LogP contribution is -2.41. The van der Waals surface area contributed by atoms with Crippen molar-refractivity contribution < 1.29 is 23.7 Å². The van der Waals surface area contributed by atoms with Gasteiger partial charge in [0.2, 0.25) is 0 Å². The predicted molar refractivity (Wildman–Crippen MR) is 165 cm³/mol. The van der Waals surface area contributed by atoms with E-state index in [1.165, 1.54) is 7.11 Å². The van der Waals surface area contributed by atoms with E-state index in [2.05, 4.69) is 24.4 Å². The maximum absolute atomic E-state index is 12.7. The van der Waals surface area contributed by atoms with Crippen molar-refractivity contribution in [3.8, 4) is 17.2 Å². The van der Waals surface area contributed by atoms with Gasteiger partial charge in [-0.05, 0) is 71.5 Å². The van der Waals surface area contributed by atoms with Gasteiger partial charge in [-0.2, -0.15) is 0 Å². The maximum atomic E-state index is 12.7. The predicted octanol–water partition coefficient (Wildman–Crippen LogP) is 7.91. The molecule has 3 atom stereocenters. The summed E-state index contributed by atoms with van der Waals surface area (Å²) in [5, 5.41) is 4.51. The minimum atomic E-state index is -0.507. The number of hydrogen-bond donors (Lipinski definition) is 1. The van der Waals surface area contributed by atoms with Crippen LogP contribution in [-0.2, 0) is 22.6 Å². The summed E-state index contributed by atoms with van der Waals surface area (Å²) >= 11 is 12.1. The quantitative estimate of drug-likeness (QED) is 0.175. The summed E-state index contributed by atoms with van der Waals surface area (Å²) in [6, 6.07) is 28.6. The van der Waals surface area contributed by atoms with Gasteiger partial charge >= 0.3 is 5.97 Å². The number of benzene rings is 4. The molecular weight excluding hydrogens is 573 g/mol. The second kappa shape index (κ2) is 14.0. The van der Waals surface area contributed by atoms with Crippen molar-refractivity contribution >= 4 is 29.2 Å². The Morgan fingerprint density at radius 3 is 2.40 bits per heavy atom. The van der Waals surface area contributed by atoms with Crippen molar-refractivity contribution in [3.05, 3.63) is 123 Å². The van der Waals surface area contributed by atoms with E-state index in [0.29, 0.717) is 41.2 Å². The molecule has 0 bridgehead atoms. The highest BCUT2D eigenvalue weighted by Gasteiger charge is 2.26. The van der Waals surface area contributed by atoms with Crippen LogP contribution in [0.3, 0.4) is 0 Å². The molecule has 4 aromatic rings. The SMILES string of the molecule is CCC(N[C@@H](Cc1ccc2c(c1)OC[C@@H](c1ccc(OCc3ccc(Cl)c(Cl)c3)cc1)O2)C(=O)OC)c1ccccc1. The Balaban J connectivity index is 1.20. The molecule has 1 aliphatic heterocycles. The molecule has 0 saturated carbocycles. The van der Waals surface area contributed by atoms with Crippen LogP contribution in [0.15, 0.2) is 91.0 Å². The third-order valence-corrected chi connectivity index (χ3v) is 7.99. The summed E-state index contributed by atoms with van der Waals surface area (Å²) in [6.45, 7) is 2.84. The van der Waals surface area contributed by atoms with Gasteiger partial charge in [0.1, 0.15) is 25.0 Å². The second-order valence-electron chi connectivity index (χ2n) is 10.1. The van der Waals surface area contributed by atoms with Crippen LogP contribution in [0.25, 0.3) is 0 Å². The number of carbonyl (C=O) groups is 1. The molecule has 218 valence electrons. The van der Waals surface area contributed by atoms with Gasteiger partial charge in [-0.15, -0.1) is 0 Å². The number of hydrogen-bond acceptors (Lipinski definition) is 6. The normalized spacial score (nSPS) is 15.5. The molecule has 8 heteroatoms. The van der Waals surface area contributed by atoms with E-state index in [0.717, 1.165) is 34.4 Å². The van der Waals surface area contributed by atoms with Crippen LogP contribution in [0.1, 0.15) is 47.7 Å². The number of ether oxygens (including phenoxy) is 4. The summed E-state index contributed by atoms with van der Waals surface area (Å²) in [5.74, 6) is 1.75. The highest BCUT2D eigenvalue weighted by molar-refractivity contribution is 6.42. The molecule has 0 fully saturated rings. The highest BCUT2D eigenvalue weighted by atomic mass is 35.5. The van der Waals surface area contributed by atoms with Crippen molar-refractivity contribution in [2.24, 2.45) is 0 Å². The van der Waals surface area contributed by atoms with Crippen molar-refractivity contribution in [1.82, 2.24) is 5.32 Å². The molecule has 0 aliphatic carbocycles. The highest BCUT2D eigenvalue weighted by Crippen LogP contribution is 2.37. The number of fused-ring (bicyclic) bond motifs is 1. The zero-order chi connectivity index (χ0) is 29.5. The molecule has 0 amide bonds. The van der Waals surface area contributed by atoms with E-state index in [1.807, 2.05) is 66.7 Å². The van der Waals surface area contributed by atoms with Gasteiger partial charge < -0.3 is 18.9 Å². The fourth-order valence-corrected chi connectivity index (χ4v) is 5.27. The topological polar surface area (TPSA) is 66.0 Å². The van der Waals surface area contributed by atoms with E-state index in [1.54, 1.807) is 12.1 Å². The smallest absolute Gasteiger partial charge is 0.323 e. The average Bonchev–Trinajstić information content (AvgIpc) is 3.03. The van der Waals surface area contributed by atoms with Gasteiger partial charge in [0.25, 0.3) is 0 Å². The lowest BCUT2D eigenvalue weighted by atomic mass is 10.00. The van der Waals surface area contributed by atoms with Crippen molar-refractivity contribution in [1.29, 1.82) is 0 Å². The standard InChI is InChI=1S/C34H33Cl2NO5/c1-3-29(24-7-5-4-6-8-24)37-30(34(38)39-2)18-22-10-16-31-32(19-22)41-21-33(42-31)25-11-13-26(14-12-25)40-20-23-9-15-27(35)28(36)17-23/h4-17,19,29-30,33,37H,3,18,20-21H2,1-2H3/t29?,30-,33-/m0/s1. The van der Waals surface area contributed by atoms with E-state index >= 15 is 0 Å². The Bertz CT molecular complexity index is 1500. The van der Waals surface area contributed by atoms with Crippen molar-refractivity contribution in [2.45, 2.75) is 44.6 Å². The van der Waals surface area contributed by atoms with Crippen LogP contribution in [0, 0.1) is 0 Å². The Labute approximate surface area is 256 Å². The van der Waals surface area contributed by atoms with E-state index in [4.69, 9.17) is 42.1 Å². The van der Waals surface area contributed by atoms with E-state index in [9.17, 15) is 4.79 Å². The number of rotatable bonds is 11. The first-order valence-electron chi connectivity index (χ1n) is 13.9. The maximum Gasteiger partial charge on any atom is 0.323 e. The minimum Gasteiger partial charge on any atom is -0.489 e. The Hall–Kier alpha value is -3.71. The third-order valence-electron chi connectivity index (χ3n) is 7.25. The zero-order valence-corrected chi connectivity index (χ0v) is 25.0. The lowest BCUT2D eigenvalue weighted by molar-refractivity contribution is -0.143. The molecule has 1 N–H and O–H groups in total. The first kappa shape index (κ1) is 29.8. The Morgan fingerprint density at radius 2 is 1.69 bits per heavy atom. The van der Waals surface area contributed by atoms with Crippen LogP contribution in [0.5, 0.6) is 17.2 Å². The lowest BCUT2D eigenvalue weighted by Gasteiger charge is -2.28. The number of carbonyl (C=O) groups excluding carboxylic acids is 1. The largest absolute Gasteiger partial charge is 0.489 e. The van der Waals surface area contributed by atoms with Crippen molar-refractivity contribution in [3.63, 3.8) is 0 Å². The summed E-state index contributed by atoms with van der Waals surface area (Å²) in [4.78, 5) is 12.7. The van der Waals surface area contributed by atoms with Gasteiger partial charge in [0, 0.05) is 6.04 Å². The van der Waals surface area contributed by atoms with E-state index < -0.39 is 6.04 Å². The molecule has 0 saturated heterocycles. The van der Waals surface area contributed by atoms with Gasteiger partial charge in [0.05, 0.1) is 17.2 Å². The minimum absolute atomic E-state index is 0.0287. The van der Waals surface area contributed by atoms with Crippen LogP contribution < -0.4 is 19.5 Å². The summed E-state index contributed by atoms with van der Waals surface area (Å²) in [6.07, 6.45) is 1.04. The molecule has 4 aromatic carbocycles. The van der Waals surface area contributed by atoms with Crippen LogP contribution >= 0.6 is 23.2 Å². The average molecular weight is 607 g/mol. The second-order valence-corrected chi connectivity index (χ2v) is 10.9. The number of esters is 1. The Kier molecular flexibility index (Phi) is 9.90. The van der Waals surface area contributed by atoms with E-state index in [-0.39, 0.29) is 18.1 Å². The zero-order valence-electron chi connectivity index (χ0n) is 23.5. The van der Waals surface area contributed by atoms with Gasteiger partial charge in [-0.25, -0.2) is 0 Å². The van der Waals surface area contributed by atoms with Crippen molar-refractivity contribution in [2.75, 3.05) is 13.7 Å². The van der Waals surface area contributed by atoms with Crippen LogP contribution in [0.4, 0.5) is 0 Å². The molecule has 6 nitrogen and oxygen atoms in total. The summed E-state index contributed by atoms with van der Waals surface area (Å²) in [7, 11) is 1.42. The molecule has 5 rings (SSSR count). The number of halogens is 2.